The van der Waals surface area contributed by atoms with Gasteiger partial charge in [-0.2, -0.15) is 5.10 Å². The fourth-order valence-electron chi connectivity index (χ4n) is 3.26. The number of hydrogen-bond acceptors (Lipinski definition) is 2. The van der Waals surface area contributed by atoms with E-state index in [2.05, 4.69) is 10.4 Å². The number of amides is 1. The lowest BCUT2D eigenvalue weighted by Crippen LogP contribution is -2.25. The van der Waals surface area contributed by atoms with Crippen LogP contribution < -0.4 is 5.32 Å². The minimum absolute atomic E-state index is 0.0485. The molecule has 1 amide bonds. The van der Waals surface area contributed by atoms with E-state index in [-0.39, 0.29) is 17.9 Å². The molecule has 1 atom stereocenters. The minimum atomic E-state index is -0.572. The SMILES string of the molecule is Cc1ccccc1-n1ncc2c1NC(=O)CC2c1cc(F)ccc1F. The topological polar surface area (TPSA) is 46.9 Å². The van der Waals surface area contributed by atoms with E-state index in [9.17, 15) is 13.6 Å². The van der Waals surface area contributed by atoms with Crippen molar-refractivity contribution in [2.75, 3.05) is 5.32 Å². The zero-order valence-corrected chi connectivity index (χ0v) is 13.5. The van der Waals surface area contributed by atoms with Gasteiger partial charge in [-0.3, -0.25) is 4.79 Å². The van der Waals surface area contributed by atoms with Crippen LogP contribution in [0.5, 0.6) is 0 Å². The van der Waals surface area contributed by atoms with E-state index in [1.54, 1.807) is 10.9 Å². The zero-order chi connectivity index (χ0) is 17.6. The van der Waals surface area contributed by atoms with Crippen LogP contribution in [-0.2, 0) is 4.79 Å². The molecule has 1 aliphatic rings. The Morgan fingerprint density at radius 1 is 1.16 bits per heavy atom. The molecular formula is C19H15F2N3O. The van der Waals surface area contributed by atoms with Crippen molar-refractivity contribution < 1.29 is 13.6 Å². The zero-order valence-electron chi connectivity index (χ0n) is 13.5. The largest absolute Gasteiger partial charge is 0.310 e. The van der Waals surface area contributed by atoms with Crippen molar-refractivity contribution in [2.45, 2.75) is 19.3 Å². The molecule has 1 N–H and O–H groups in total. The number of carbonyl (C=O) groups is 1. The predicted molar refractivity (Wildman–Crippen MR) is 89.7 cm³/mol. The summed E-state index contributed by atoms with van der Waals surface area (Å²) < 4.78 is 29.5. The fraction of sp³-hybridized carbons (Fsp3) is 0.158. The number of carbonyl (C=O) groups excluding carboxylic acids is 1. The Balaban J connectivity index is 1.87. The molecule has 0 saturated heterocycles. The highest BCUT2D eigenvalue weighted by Gasteiger charge is 2.32. The van der Waals surface area contributed by atoms with Crippen LogP contribution >= 0.6 is 0 Å². The lowest BCUT2D eigenvalue weighted by molar-refractivity contribution is -0.116. The van der Waals surface area contributed by atoms with Gasteiger partial charge in [0.1, 0.15) is 17.5 Å². The third-order valence-corrected chi connectivity index (χ3v) is 4.50. The van der Waals surface area contributed by atoms with Crippen LogP contribution in [0.25, 0.3) is 5.69 Å². The summed E-state index contributed by atoms with van der Waals surface area (Å²) in [6.45, 7) is 1.94. The Morgan fingerprint density at radius 3 is 2.76 bits per heavy atom. The molecule has 0 radical (unpaired) electrons. The molecule has 1 aromatic heterocycles. The molecule has 25 heavy (non-hydrogen) atoms. The van der Waals surface area contributed by atoms with Crippen molar-refractivity contribution in [1.82, 2.24) is 9.78 Å². The first kappa shape index (κ1) is 15.5. The average molecular weight is 339 g/mol. The normalized spacial score (nSPS) is 16.4. The average Bonchev–Trinajstić information content (AvgIpc) is 3.00. The number of nitrogens with one attached hydrogen (secondary N) is 1. The fourth-order valence-corrected chi connectivity index (χ4v) is 3.26. The summed E-state index contributed by atoms with van der Waals surface area (Å²) in [5.74, 6) is -1.39. The van der Waals surface area contributed by atoms with Crippen molar-refractivity contribution >= 4 is 11.7 Å². The van der Waals surface area contributed by atoms with Gasteiger partial charge in [-0.25, -0.2) is 13.5 Å². The lowest BCUT2D eigenvalue weighted by atomic mass is 9.87. The van der Waals surface area contributed by atoms with Gasteiger partial charge in [-0.05, 0) is 42.3 Å². The maximum absolute atomic E-state index is 14.2. The van der Waals surface area contributed by atoms with Crippen LogP contribution in [0.4, 0.5) is 14.6 Å². The molecule has 4 rings (SSSR count). The van der Waals surface area contributed by atoms with Gasteiger partial charge in [0, 0.05) is 17.9 Å². The Hall–Kier alpha value is -3.02. The summed E-state index contributed by atoms with van der Waals surface area (Å²) in [7, 11) is 0. The molecule has 0 fully saturated rings. The molecule has 2 heterocycles. The van der Waals surface area contributed by atoms with Crippen LogP contribution in [0.3, 0.4) is 0 Å². The lowest BCUT2D eigenvalue weighted by Gasteiger charge is -2.24. The monoisotopic (exact) mass is 339 g/mol. The van der Waals surface area contributed by atoms with E-state index in [0.29, 0.717) is 11.4 Å². The number of rotatable bonds is 2. The quantitative estimate of drug-likeness (QED) is 0.769. The molecule has 1 aliphatic heterocycles. The van der Waals surface area contributed by atoms with Crippen LogP contribution in [0, 0.1) is 18.6 Å². The van der Waals surface area contributed by atoms with Gasteiger partial charge in [-0.15, -0.1) is 0 Å². The molecule has 1 unspecified atom stereocenters. The molecule has 0 spiro atoms. The Kier molecular flexibility index (Phi) is 3.60. The second-order valence-corrected chi connectivity index (χ2v) is 6.12. The maximum Gasteiger partial charge on any atom is 0.226 e. The van der Waals surface area contributed by atoms with Gasteiger partial charge in [0.05, 0.1) is 11.9 Å². The number of benzene rings is 2. The summed E-state index contributed by atoms with van der Waals surface area (Å²) in [6.07, 6.45) is 1.66. The Morgan fingerprint density at radius 2 is 1.96 bits per heavy atom. The highest BCUT2D eigenvalue weighted by molar-refractivity contribution is 5.94. The molecule has 0 aliphatic carbocycles. The molecule has 3 aromatic rings. The predicted octanol–water partition coefficient (Wildman–Crippen LogP) is 3.93. The highest BCUT2D eigenvalue weighted by Crippen LogP contribution is 2.39. The summed E-state index contributed by atoms with van der Waals surface area (Å²) in [5, 5.41) is 7.19. The van der Waals surface area contributed by atoms with Crippen LogP contribution in [-0.4, -0.2) is 15.7 Å². The molecule has 2 aromatic carbocycles. The Bertz CT molecular complexity index is 981. The second-order valence-electron chi connectivity index (χ2n) is 6.12. The highest BCUT2D eigenvalue weighted by atomic mass is 19.1. The van der Waals surface area contributed by atoms with Crippen molar-refractivity contribution in [1.29, 1.82) is 0 Å². The smallest absolute Gasteiger partial charge is 0.226 e. The summed E-state index contributed by atoms with van der Waals surface area (Å²) >= 11 is 0. The summed E-state index contributed by atoms with van der Waals surface area (Å²) in [6, 6.07) is 10.9. The number of para-hydroxylation sites is 1. The standard InChI is InChI=1S/C19H15F2N3O/c1-11-4-2-3-5-17(11)24-19-15(10-22-24)13(9-18(25)23-19)14-8-12(20)6-7-16(14)21/h2-8,10,13H,9H2,1H3,(H,23,25). The van der Waals surface area contributed by atoms with Gasteiger partial charge >= 0.3 is 0 Å². The van der Waals surface area contributed by atoms with E-state index >= 15 is 0 Å². The maximum atomic E-state index is 14.2. The van der Waals surface area contributed by atoms with E-state index in [1.165, 1.54) is 0 Å². The molecule has 6 heteroatoms. The first-order valence-corrected chi connectivity index (χ1v) is 7.93. The number of halogens is 2. The van der Waals surface area contributed by atoms with Gasteiger partial charge in [-0.1, -0.05) is 18.2 Å². The number of aryl methyl sites for hydroxylation is 1. The van der Waals surface area contributed by atoms with Crippen molar-refractivity contribution in [3.8, 4) is 5.69 Å². The third-order valence-electron chi connectivity index (χ3n) is 4.50. The number of aromatic nitrogens is 2. The molecule has 126 valence electrons. The number of hydrogen-bond donors (Lipinski definition) is 1. The van der Waals surface area contributed by atoms with E-state index < -0.39 is 17.6 Å². The summed E-state index contributed by atoms with van der Waals surface area (Å²) in [5.41, 5.74) is 2.65. The van der Waals surface area contributed by atoms with Gasteiger partial charge in [0.15, 0.2) is 0 Å². The van der Waals surface area contributed by atoms with Gasteiger partial charge < -0.3 is 5.32 Å². The molecular weight excluding hydrogens is 324 g/mol. The second kappa shape index (κ2) is 5.81. The van der Waals surface area contributed by atoms with Crippen molar-refractivity contribution in [3.63, 3.8) is 0 Å². The number of anilines is 1. The number of nitrogens with zero attached hydrogens (tertiary/aromatic N) is 2. The van der Waals surface area contributed by atoms with E-state index in [0.717, 1.165) is 29.4 Å². The van der Waals surface area contributed by atoms with Crippen molar-refractivity contribution in [2.24, 2.45) is 0 Å². The summed E-state index contributed by atoms with van der Waals surface area (Å²) in [4.78, 5) is 12.2. The van der Waals surface area contributed by atoms with Gasteiger partial charge in [0.2, 0.25) is 5.91 Å². The van der Waals surface area contributed by atoms with Crippen LogP contribution in [0.15, 0.2) is 48.7 Å². The van der Waals surface area contributed by atoms with E-state index in [1.807, 2.05) is 31.2 Å². The number of fused-ring (bicyclic) bond motifs is 1. The first-order valence-electron chi connectivity index (χ1n) is 7.93. The Labute approximate surface area is 143 Å². The van der Waals surface area contributed by atoms with Crippen LogP contribution in [0.1, 0.15) is 29.0 Å². The molecule has 0 bridgehead atoms. The minimum Gasteiger partial charge on any atom is -0.310 e. The third kappa shape index (κ3) is 2.59. The van der Waals surface area contributed by atoms with Crippen molar-refractivity contribution in [3.05, 3.63) is 77.0 Å². The van der Waals surface area contributed by atoms with Crippen LogP contribution in [0.2, 0.25) is 0 Å². The first-order chi connectivity index (χ1) is 12.0. The van der Waals surface area contributed by atoms with Gasteiger partial charge in [0.25, 0.3) is 0 Å². The molecule has 4 nitrogen and oxygen atoms in total. The van der Waals surface area contributed by atoms with E-state index in [4.69, 9.17) is 0 Å². The molecule has 0 saturated carbocycles.